The largest absolute Gasteiger partial charge is 0.379 e. The Morgan fingerprint density at radius 3 is 3.06 bits per heavy atom. The summed E-state index contributed by atoms with van der Waals surface area (Å²) in [6.45, 7) is 2.16. The van der Waals surface area contributed by atoms with Crippen LogP contribution in [0, 0.1) is 0 Å². The van der Waals surface area contributed by atoms with Crippen molar-refractivity contribution in [1.29, 1.82) is 0 Å². The molecule has 17 heavy (non-hydrogen) atoms. The fourth-order valence-corrected chi connectivity index (χ4v) is 3.03. The van der Waals surface area contributed by atoms with Gasteiger partial charge in [0.1, 0.15) is 0 Å². The van der Waals surface area contributed by atoms with Gasteiger partial charge in [0.15, 0.2) is 5.17 Å². The Kier molecular flexibility index (Phi) is 3.74. The van der Waals surface area contributed by atoms with Crippen molar-refractivity contribution in [2.45, 2.75) is 24.9 Å². The molecule has 0 aromatic carbocycles. The average Bonchev–Trinajstić information content (AvgIpc) is 2.54. The van der Waals surface area contributed by atoms with Gasteiger partial charge in [0.25, 0.3) is 0 Å². The first-order chi connectivity index (χ1) is 8.14. The lowest BCUT2D eigenvalue weighted by atomic mass is 9.89. The van der Waals surface area contributed by atoms with Crippen LogP contribution in [0.4, 0.5) is 0 Å². The molecule has 2 rings (SSSR count). The van der Waals surface area contributed by atoms with Crippen LogP contribution in [0.15, 0.2) is 40.9 Å². The lowest BCUT2D eigenvalue weighted by molar-refractivity contribution is 0.546. The normalized spacial score (nSPS) is 32.9. The fourth-order valence-electron chi connectivity index (χ4n) is 2.05. The first-order valence-corrected chi connectivity index (χ1v) is 6.85. The molecule has 0 aromatic rings. The Hall–Kier alpha value is -1.00. The number of nitrogens with one attached hydrogen (secondary N) is 1. The molecule has 4 heteroatoms. The van der Waals surface area contributed by atoms with Gasteiger partial charge in [0, 0.05) is 11.8 Å². The van der Waals surface area contributed by atoms with E-state index in [1.807, 2.05) is 7.05 Å². The standard InChI is InChI=1S/C13H19N3S/c1-13(8-9-17-12(14)16-13)10-4-3-5-11(15-2)7-6-10/h3-7,11,15H,8-9H2,1-2H3,(H2,14,16). The topological polar surface area (TPSA) is 50.4 Å². The number of allylic oxidation sites excluding steroid dienone is 2. The second-order valence-corrected chi connectivity index (χ2v) is 5.62. The highest BCUT2D eigenvalue weighted by molar-refractivity contribution is 8.13. The Balaban J connectivity index is 2.26. The zero-order valence-corrected chi connectivity index (χ0v) is 11.1. The summed E-state index contributed by atoms with van der Waals surface area (Å²) >= 11 is 1.64. The summed E-state index contributed by atoms with van der Waals surface area (Å²) < 4.78 is 0. The van der Waals surface area contributed by atoms with E-state index in [1.165, 1.54) is 5.57 Å². The highest BCUT2D eigenvalue weighted by Gasteiger charge is 2.30. The van der Waals surface area contributed by atoms with Gasteiger partial charge in [-0.15, -0.1) is 0 Å². The molecule has 0 bridgehead atoms. The van der Waals surface area contributed by atoms with Crippen LogP contribution in [0.1, 0.15) is 13.3 Å². The Labute approximate surface area is 107 Å². The van der Waals surface area contributed by atoms with E-state index in [-0.39, 0.29) is 5.54 Å². The SMILES string of the molecule is CNC1C=CC=C(C2(C)CCSC(N)=N2)C=C1. The number of hydrogen-bond acceptors (Lipinski definition) is 4. The van der Waals surface area contributed by atoms with E-state index in [9.17, 15) is 0 Å². The molecule has 2 aliphatic rings. The van der Waals surface area contributed by atoms with E-state index in [4.69, 9.17) is 5.73 Å². The fraction of sp³-hybridized carbons (Fsp3) is 0.462. The highest BCUT2D eigenvalue weighted by atomic mass is 32.2. The number of thioether (sulfide) groups is 1. The lowest BCUT2D eigenvalue weighted by Gasteiger charge is -2.30. The van der Waals surface area contributed by atoms with Gasteiger partial charge in [-0.3, -0.25) is 4.99 Å². The van der Waals surface area contributed by atoms with Crippen LogP contribution < -0.4 is 11.1 Å². The minimum atomic E-state index is -0.168. The number of aliphatic imine (C=N–C) groups is 1. The van der Waals surface area contributed by atoms with Crippen LogP contribution in [-0.4, -0.2) is 29.5 Å². The van der Waals surface area contributed by atoms with E-state index in [2.05, 4.69) is 47.6 Å². The molecule has 0 amide bonds. The molecule has 0 fully saturated rings. The first-order valence-electron chi connectivity index (χ1n) is 5.86. The summed E-state index contributed by atoms with van der Waals surface area (Å²) in [5, 5.41) is 3.92. The van der Waals surface area contributed by atoms with Gasteiger partial charge < -0.3 is 11.1 Å². The van der Waals surface area contributed by atoms with Crippen LogP contribution in [0.2, 0.25) is 0 Å². The van der Waals surface area contributed by atoms with E-state index >= 15 is 0 Å². The molecule has 2 atom stereocenters. The number of rotatable bonds is 2. The molecular formula is C13H19N3S. The van der Waals surface area contributed by atoms with E-state index in [0.717, 1.165) is 12.2 Å². The smallest absolute Gasteiger partial charge is 0.154 e. The molecule has 3 nitrogen and oxygen atoms in total. The number of amidine groups is 1. The second kappa shape index (κ2) is 5.10. The van der Waals surface area contributed by atoms with Gasteiger partial charge >= 0.3 is 0 Å². The van der Waals surface area contributed by atoms with Crippen molar-refractivity contribution in [2.24, 2.45) is 10.7 Å². The molecular weight excluding hydrogens is 230 g/mol. The van der Waals surface area contributed by atoms with Gasteiger partial charge in [-0.2, -0.15) is 0 Å². The van der Waals surface area contributed by atoms with Crippen molar-refractivity contribution >= 4 is 16.9 Å². The van der Waals surface area contributed by atoms with Crippen LogP contribution in [0.25, 0.3) is 0 Å². The third-order valence-electron chi connectivity index (χ3n) is 3.23. The Morgan fingerprint density at radius 2 is 2.35 bits per heavy atom. The summed E-state index contributed by atoms with van der Waals surface area (Å²) in [5.74, 6) is 1.04. The number of nitrogens with two attached hydrogens (primary N) is 1. The zero-order chi connectivity index (χ0) is 12.3. The Bertz CT molecular complexity index is 409. The first kappa shape index (κ1) is 12.5. The van der Waals surface area contributed by atoms with Crippen LogP contribution >= 0.6 is 11.8 Å². The monoisotopic (exact) mass is 249 g/mol. The predicted octanol–water partition coefficient (Wildman–Crippen LogP) is 1.84. The zero-order valence-electron chi connectivity index (χ0n) is 10.3. The summed E-state index contributed by atoms with van der Waals surface area (Å²) in [6, 6.07) is 0.298. The summed E-state index contributed by atoms with van der Waals surface area (Å²) in [7, 11) is 1.96. The summed E-state index contributed by atoms with van der Waals surface area (Å²) in [4.78, 5) is 4.61. The van der Waals surface area contributed by atoms with Crippen LogP contribution in [-0.2, 0) is 0 Å². The van der Waals surface area contributed by atoms with Gasteiger partial charge in [-0.1, -0.05) is 42.1 Å². The van der Waals surface area contributed by atoms with Crippen LogP contribution in [0.3, 0.4) is 0 Å². The Morgan fingerprint density at radius 1 is 1.53 bits per heavy atom. The van der Waals surface area contributed by atoms with Gasteiger partial charge in [0.2, 0.25) is 0 Å². The second-order valence-electron chi connectivity index (χ2n) is 4.50. The molecule has 3 N–H and O–H groups in total. The number of likely N-dealkylation sites (N-methyl/N-ethyl adjacent to an activating group) is 1. The minimum absolute atomic E-state index is 0.168. The maximum absolute atomic E-state index is 5.84. The summed E-state index contributed by atoms with van der Waals surface area (Å²) in [5.41, 5.74) is 6.90. The van der Waals surface area contributed by atoms with Crippen molar-refractivity contribution in [3.8, 4) is 0 Å². The van der Waals surface area contributed by atoms with Crippen LogP contribution in [0.5, 0.6) is 0 Å². The maximum atomic E-state index is 5.84. The van der Waals surface area contributed by atoms with Crippen molar-refractivity contribution in [2.75, 3.05) is 12.8 Å². The predicted molar refractivity (Wildman–Crippen MR) is 76.3 cm³/mol. The molecule has 1 heterocycles. The molecule has 2 unspecified atom stereocenters. The third kappa shape index (κ3) is 2.82. The molecule has 1 aliphatic carbocycles. The molecule has 0 saturated heterocycles. The van der Waals surface area contributed by atoms with Gasteiger partial charge in [-0.05, 0) is 26.0 Å². The van der Waals surface area contributed by atoms with Crippen molar-refractivity contribution < 1.29 is 0 Å². The van der Waals surface area contributed by atoms with E-state index < -0.39 is 0 Å². The van der Waals surface area contributed by atoms with Gasteiger partial charge in [-0.25, -0.2) is 0 Å². The number of nitrogens with zero attached hydrogens (tertiary/aromatic N) is 1. The molecule has 0 spiro atoms. The maximum Gasteiger partial charge on any atom is 0.154 e. The molecule has 1 aliphatic heterocycles. The van der Waals surface area contributed by atoms with Gasteiger partial charge in [0.05, 0.1) is 5.54 Å². The van der Waals surface area contributed by atoms with Crippen molar-refractivity contribution in [3.05, 3.63) is 36.0 Å². The number of hydrogen-bond donors (Lipinski definition) is 2. The summed E-state index contributed by atoms with van der Waals surface area (Å²) in [6.07, 6.45) is 11.7. The molecule has 0 radical (unpaired) electrons. The van der Waals surface area contributed by atoms with Crippen molar-refractivity contribution in [1.82, 2.24) is 5.32 Å². The average molecular weight is 249 g/mol. The highest BCUT2D eigenvalue weighted by Crippen LogP contribution is 2.33. The van der Waals surface area contributed by atoms with E-state index in [1.54, 1.807) is 11.8 Å². The molecule has 0 aromatic heterocycles. The molecule has 92 valence electrons. The molecule has 0 saturated carbocycles. The lowest BCUT2D eigenvalue weighted by Crippen LogP contribution is -2.32. The van der Waals surface area contributed by atoms with Crippen molar-refractivity contribution in [3.63, 3.8) is 0 Å². The van der Waals surface area contributed by atoms with E-state index in [0.29, 0.717) is 11.2 Å². The quantitative estimate of drug-likeness (QED) is 0.785. The third-order valence-corrected chi connectivity index (χ3v) is 4.02. The minimum Gasteiger partial charge on any atom is -0.379 e.